The number of amides is 1. The standard InChI is InChI=1S/C12H15ClN2O3/c1-7(14)5-11(16)15-10-6-8(12(17)18-2)3-4-9(10)13/h3-4,6-7H,5,14H2,1-2H3,(H,15,16). The molecule has 0 saturated carbocycles. The Morgan fingerprint density at radius 2 is 2.17 bits per heavy atom. The Morgan fingerprint density at radius 1 is 1.50 bits per heavy atom. The first-order valence-electron chi connectivity index (χ1n) is 5.37. The molecule has 0 fully saturated rings. The molecule has 1 aromatic carbocycles. The van der Waals surface area contributed by atoms with Crippen LogP contribution >= 0.6 is 11.6 Å². The van der Waals surface area contributed by atoms with Crippen LogP contribution in [0.5, 0.6) is 0 Å². The average molecular weight is 271 g/mol. The lowest BCUT2D eigenvalue weighted by molar-refractivity contribution is -0.116. The fourth-order valence-corrected chi connectivity index (χ4v) is 1.52. The zero-order chi connectivity index (χ0) is 13.7. The van der Waals surface area contributed by atoms with E-state index in [1.807, 2.05) is 0 Å². The van der Waals surface area contributed by atoms with Crippen molar-refractivity contribution in [3.63, 3.8) is 0 Å². The lowest BCUT2D eigenvalue weighted by atomic mass is 10.2. The predicted octanol–water partition coefficient (Wildman–Crippen LogP) is 1.80. The van der Waals surface area contributed by atoms with Crippen molar-refractivity contribution in [2.24, 2.45) is 5.73 Å². The second kappa shape index (κ2) is 6.37. The molecule has 98 valence electrons. The molecule has 1 aromatic rings. The summed E-state index contributed by atoms with van der Waals surface area (Å²) in [5.41, 5.74) is 6.20. The van der Waals surface area contributed by atoms with Gasteiger partial charge in [0.1, 0.15) is 0 Å². The minimum absolute atomic E-state index is 0.179. The first-order chi connectivity index (χ1) is 8.43. The molecular weight excluding hydrogens is 256 g/mol. The van der Waals surface area contributed by atoms with Crippen molar-refractivity contribution >= 4 is 29.2 Å². The fourth-order valence-electron chi connectivity index (χ4n) is 1.36. The lowest BCUT2D eigenvalue weighted by Crippen LogP contribution is -2.24. The summed E-state index contributed by atoms with van der Waals surface area (Å²) in [5, 5.41) is 2.95. The number of nitrogens with two attached hydrogens (primary N) is 1. The zero-order valence-electron chi connectivity index (χ0n) is 10.2. The van der Waals surface area contributed by atoms with Gasteiger partial charge in [0.05, 0.1) is 23.4 Å². The van der Waals surface area contributed by atoms with E-state index >= 15 is 0 Å². The molecule has 1 amide bonds. The second-order valence-electron chi connectivity index (χ2n) is 3.92. The van der Waals surface area contributed by atoms with Crippen molar-refractivity contribution in [3.05, 3.63) is 28.8 Å². The van der Waals surface area contributed by atoms with Gasteiger partial charge in [0.2, 0.25) is 5.91 Å². The molecule has 3 N–H and O–H groups in total. The van der Waals surface area contributed by atoms with E-state index in [0.29, 0.717) is 16.3 Å². The molecule has 0 heterocycles. The smallest absolute Gasteiger partial charge is 0.337 e. The van der Waals surface area contributed by atoms with Crippen molar-refractivity contribution in [1.29, 1.82) is 0 Å². The third-order valence-corrected chi connectivity index (χ3v) is 2.50. The molecule has 0 spiro atoms. The Bertz CT molecular complexity index is 461. The molecular formula is C12H15ClN2O3. The Balaban J connectivity index is 2.87. The third-order valence-electron chi connectivity index (χ3n) is 2.17. The topological polar surface area (TPSA) is 81.4 Å². The number of methoxy groups -OCH3 is 1. The van der Waals surface area contributed by atoms with E-state index in [0.717, 1.165) is 0 Å². The van der Waals surface area contributed by atoms with E-state index in [9.17, 15) is 9.59 Å². The van der Waals surface area contributed by atoms with Crippen LogP contribution in [-0.2, 0) is 9.53 Å². The highest BCUT2D eigenvalue weighted by Crippen LogP contribution is 2.23. The highest BCUT2D eigenvalue weighted by molar-refractivity contribution is 6.33. The van der Waals surface area contributed by atoms with E-state index in [4.69, 9.17) is 17.3 Å². The number of carbonyl (C=O) groups is 2. The summed E-state index contributed by atoms with van der Waals surface area (Å²) in [7, 11) is 1.28. The van der Waals surface area contributed by atoms with Crippen molar-refractivity contribution < 1.29 is 14.3 Å². The van der Waals surface area contributed by atoms with E-state index in [1.165, 1.54) is 25.3 Å². The molecule has 0 bridgehead atoms. The van der Waals surface area contributed by atoms with E-state index in [2.05, 4.69) is 10.1 Å². The summed E-state index contributed by atoms with van der Waals surface area (Å²) in [5.74, 6) is -0.747. The number of carbonyl (C=O) groups excluding carboxylic acids is 2. The number of hydrogen-bond acceptors (Lipinski definition) is 4. The van der Waals surface area contributed by atoms with Crippen molar-refractivity contribution in [3.8, 4) is 0 Å². The largest absolute Gasteiger partial charge is 0.465 e. The highest BCUT2D eigenvalue weighted by Gasteiger charge is 2.12. The Kier molecular flexibility index (Phi) is 5.12. The fraction of sp³-hybridized carbons (Fsp3) is 0.333. The van der Waals surface area contributed by atoms with Crippen molar-refractivity contribution in [2.45, 2.75) is 19.4 Å². The van der Waals surface area contributed by atoms with Gasteiger partial charge in [-0.2, -0.15) is 0 Å². The minimum atomic E-state index is -0.491. The molecule has 5 nitrogen and oxygen atoms in total. The van der Waals surface area contributed by atoms with Crippen LogP contribution in [0.15, 0.2) is 18.2 Å². The number of hydrogen-bond donors (Lipinski definition) is 2. The summed E-state index contributed by atoms with van der Waals surface area (Å²) < 4.78 is 4.59. The number of nitrogens with one attached hydrogen (secondary N) is 1. The van der Waals surface area contributed by atoms with Gasteiger partial charge in [0, 0.05) is 12.5 Å². The molecule has 1 unspecified atom stereocenters. The van der Waals surface area contributed by atoms with E-state index in [1.54, 1.807) is 6.92 Å². The van der Waals surface area contributed by atoms with Crippen LogP contribution in [0, 0.1) is 0 Å². The first-order valence-corrected chi connectivity index (χ1v) is 5.75. The molecule has 1 rings (SSSR count). The minimum Gasteiger partial charge on any atom is -0.465 e. The predicted molar refractivity (Wildman–Crippen MR) is 69.7 cm³/mol. The number of ether oxygens (including phenoxy) is 1. The lowest BCUT2D eigenvalue weighted by Gasteiger charge is -2.10. The Labute approximate surface area is 110 Å². The van der Waals surface area contributed by atoms with E-state index in [-0.39, 0.29) is 18.4 Å². The zero-order valence-corrected chi connectivity index (χ0v) is 11.0. The van der Waals surface area contributed by atoms with Gasteiger partial charge < -0.3 is 15.8 Å². The van der Waals surface area contributed by atoms with Crippen LogP contribution in [0.3, 0.4) is 0 Å². The number of anilines is 1. The first kappa shape index (κ1) is 14.5. The van der Waals surface area contributed by atoms with Crippen LogP contribution < -0.4 is 11.1 Å². The van der Waals surface area contributed by atoms with Gasteiger partial charge in [-0.1, -0.05) is 11.6 Å². The van der Waals surface area contributed by atoms with Gasteiger partial charge in [-0.15, -0.1) is 0 Å². The maximum absolute atomic E-state index is 11.6. The van der Waals surface area contributed by atoms with Crippen molar-refractivity contribution in [1.82, 2.24) is 0 Å². The molecule has 0 aromatic heterocycles. The summed E-state index contributed by atoms with van der Waals surface area (Å²) in [4.78, 5) is 22.9. The monoisotopic (exact) mass is 270 g/mol. The summed E-state index contributed by atoms with van der Waals surface area (Å²) in [6.45, 7) is 1.73. The van der Waals surface area contributed by atoms with Crippen LogP contribution in [0.2, 0.25) is 5.02 Å². The Hall–Kier alpha value is -1.59. The molecule has 0 radical (unpaired) electrons. The van der Waals surface area contributed by atoms with Gasteiger partial charge in [0.25, 0.3) is 0 Å². The maximum Gasteiger partial charge on any atom is 0.337 e. The summed E-state index contributed by atoms with van der Waals surface area (Å²) in [6, 6.07) is 4.27. The SMILES string of the molecule is COC(=O)c1ccc(Cl)c(NC(=O)CC(C)N)c1. The third kappa shape index (κ3) is 4.01. The number of esters is 1. The quantitative estimate of drug-likeness (QED) is 0.818. The van der Waals surface area contributed by atoms with Gasteiger partial charge in [-0.05, 0) is 25.1 Å². The van der Waals surface area contributed by atoms with Crippen molar-refractivity contribution in [2.75, 3.05) is 12.4 Å². The van der Waals surface area contributed by atoms with Crippen LogP contribution in [0.25, 0.3) is 0 Å². The van der Waals surface area contributed by atoms with Gasteiger partial charge in [0.15, 0.2) is 0 Å². The molecule has 0 saturated heterocycles. The normalized spacial score (nSPS) is 11.8. The Morgan fingerprint density at radius 3 is 2.72 bits per heavy atom. The molecule has 6 heteroatoms. The number of benzene rings is 1. The van der Waals surface area contributed by atoms with E-state index < -0.39 is 5.97 Å². The molecule has 18 heavy (non-hydrogen) atoms. The molecule has 1 atom stereocenters. The summed E-state index contributed by atoms with van der Waals surface area (Å²) >= 11 is 5.93. The van der Waals surface area contributed by atoms with Crippen LogP contribution in [0.4, 0.5) is 5.69 Å². The van der Waals surface area contributed by atoms with Gasteiger partial charge >= 0.3 is 5.97 Å². The number of halogens is 1. The number of rotatable bonds is 4. The van der Waals surface area contributed by atoms with Crippen LogP contribution in [0.1, 0.15) is 23.7 Å². The summed E-state index contributed by atoms with van der Waals surface area (Å²) in [6.07, 6.45) is 0.179. The average Bonchev–Trinajstić information content (AvgIpc) is 2.30. The second-order valence-corrected chi connectivity index (χ2v) is 4.32. The van der Waals surface area contributed by atoms with Gasteiger partial charge in [-0.25, -0.2) is 4.79 Å². The van der Waals surface area contributed by atoms with Gasteiger partial charge in [-0.3, -0.25) is 4.79 Å². The highest BCUT2D eigenvalue weighted by atomic mass is 35.5. The molecule has 0 aliphatic rings. The molecule has 0 aliphatic heterocycles. The van der Waals surface area contributed by atoms with Crippen LogP contribution in [-0.4, -0.2) is 25.0 Å². The molecule has 0 aliphatic carbocycles. The maximum atomic E-state index is 11.6.